The number of nitrogens with zero attached hydrogens (tertiary/aromatic N) is 5. The van der Waals surface area contributed by atoms with Crippen LogP contribution in [0.25, 0.3) is 0 Å². The van der Waals surface area contributed by atoms with Crippen LogP contribution in [0.1, 0.15) is 6.42 Å². The molecule has 0 aromatic carbocycles. The van der Waals surface area contributed by atoms with Crippen molar-refractivity contribution in [3.63, 3.8) is 0 Å². The summed E-state index contributed by atoms with van der Waals surface area (Å²) >= 11 is 0. The standard InChI is InChI=1S/C19H31N5O/c1-2-5-20-19(4-1)24-11-9-23(10-12-24)18-16-22(17-18)8-7-21-6-3-14-25-15-13-21/h1-2,4-5,18H,3,6-17H2. The van der Waals surface area contributed by atoms with Crippen LogP contribution >= 0.6 is 0 Å². The molecule has 138 valence electrons. The smallest absolute Gasteiger partial charge is 0.128 e. The van der Waals surface area contributed by atoms with Crippen LogP contribution in [0.5, 0.6) is 0 Å². The largest absolute Gasteiger partial charge is 0.380 e. The Labute approximate surface area is 151 Å². The first-order valence-electron chi connectivity index (χ1n) is 9.81. The van der Waals surface area contributed by atoms with E-state index in [0.717, 1.165) is 44.7 Å². The van der Waals surface area contributed by atoms with Crippen LogP contribution in [-0.4, -0.2) is 104 Å². The average Bonchev–Trinajstić information content (AvgIpc) is 2.90. The van der Waals surface area contributed by atoms with E-state index in [0.29, 0.717) is 0 Å². The van der Waals surface area contributed by atoms with E-state index < -0.39 is 0 Å². The van der Waals surface area contributed by atoms with E-state index in [4.69, 9.17) is 4.74 Å². The van der Waals surface area contributed by atoms with Crippen LogP contribution in [0.2, 0.25) is 0 Å². The second kappa shape index (κ2) is 8.45. The lowest BCUT2D eigenvalue weighted by Gasteiger charge is -2.48. The van der Waals surface area contributed by atoms with E-state index in [-0.39, 0.29) is 0 Å². The monoisotopic (exact) mass is 345 g/mol. The number of likely N-dealkylation sites (tertiary alicyclic amines) is 1. The molecule has 6 heteroatoms. The fourth-order valence-corrected chi connectivity index (χ4v) is 4.12. The molecule has 0 N–H and O–H groups in total. The number of ether oxygens (including phenoxy) is 1. The Bertz CT molecular complexity index is 506. The number of anilines is 1. The highest BCUT2D eigenvalue weighted by molar-refractivity contribution is 5.38. The Kier molecular flexibility index (Phi) is 5.82. The van der Waals surface area contributed by atoms with Gasteiger partial charge in [0, 0.05) is 84.3 Å². The molecule has 1 aromatic rings. The predicted molar refractivity (Wildman–Crippen MR) is 100 cm³/mol. The van der Waals surface area contributed by atoms with Gasteiger partial charge in [-0.15, -0.1) is 0 Å². The summed E-state index contributed by atoms with van der Waals surface area (Å²) in [7, 11) is 0. The molecule has 3 aliphatic heterocycles. The molecule has 3 fully saturated rings. The zero-order chi connectivity index (χ0) is 16.9. The van der Waals surface area contributed by atoms with Crippen molar-refractivity contribution in [1.82, 2.24) is 19.7 Å². The van der Waals surface area contributed by atoms with Crippen molar-refractivity contribution < 1.29 is 4.74 Å². The third kappa shape index (κ3) is 4.50. The maximum atomic E-state index is 5.54. The molecule has 3 aliphatic rings. The van der Waals surface area contributed by atoms with Crippen LogP contribution in [0.3, 0.4) is 0 Å². The summed E-state index contributed by atoms with van der Waals surface area (Å²) in [5.41, 5.74) is 0. The fraction of sp³-hybridized carbons (Fsp3) is 0.737. The van der Waals surface area contributed by atoms with Gasteiger partial charge in [-0.2, -0.15) is 0 Å². The Morgan fingerprint density at radius 2 is 1.76 bits per heavy atom. The predicted octanol–water partition coefficient (Wildman–Crippen LogP) is 0.610. The number of rotatable bonds is 5. The van der Waals surface area contributed by atoms with Crippen molar-refractivity contribution >= 4 is 5.82 Å². The van der Waals surface area contributed by atoms with Crippen molar-refractivity contribution in [2.24, 2.45) is 0 Å². The minimum absolute atomic E-state index is 0.762. The molecule has 0 atom stereocenters. The van der Waals surface area contributed by atoms with Crippen LogP contribution in [-0.2, 0) is 4.74 Å². The van der Waals surface area contributed by atoms with E-state index in [9.17, 15) is 0 Å². The van der Waals surface area contributed by atoms with Crippen LogP contribution in [0.4, 0.5) is 5.82 Å². The Morgan fingerprint density at radius 1 is 0.920 bits per heavy atom. The maximum absolute atomic E-state index is 5.54. The molecule has 6 nitrogen and oxygen atoms in total. The highest BCUT2D eigenvalue weighted by Gasteiger charge is 2.33. The molecular weight excluding hydrogens is 314 g/mol. The number of aromatic nitrogens is 1. The summed E-state index contributed by atoms with van der Waals surface area (Å²) < 4.78 is 5.54. The Balaban J connectivity index is 1.14. The zero-order valence-electron chi connectivity index (χ0n) is 15.2. The molecule has 0 spiro atoms. The molecule has 4 rings (SSSR count). The number of hydrogen-bond acceptors (Lipinski definition) is 6. The van der Waals surface area contributed by atoms with E-state index in [1.165, 1.54) is 52.2 Å². The highest BCUT2D eigenvalue weighted by atomic mass is 16.5. The van der Waals surface area contributed by atoms with Gasteiger partial charge < -0.3 is 9.64 Å². The highest BCUT2D eigenvalue weighted by Crippen LogP contribution is 2.19. The van der Waals surface area contributed by atoms with Gasteiger partial charge >= 0.3 is 0 Å². The molecule has 0 bridgehead atoms. The van der Waals surface area contributed by atoms with Gasteiger partial charge in [0.1, 0.15) is 5.82 Å². The second-order valence-electron chi connectivity index (χ2n) is 7.43. The Hall–Kier alpha value is -1.21. The molecular formula is C19H31N5O. The first kappa shape index (κ1) is 17.2. The van der Waals surface area contributed by atoms with E-state index in [1.807, 2.05) is 12.3 Å². The first-order chi connectivity index (χ1) is 12.4. The molecule has 0 aliphatic carbocycles. The van der Waals surface area contributed by atoms with Gasteiger partial charge in [0.2, 0.25) is 0 Å². The number of pyridine rings is 1. The van der Waals surface area contributed by atoms with Crippen molar-refractivity contribution in [3.8, 4) is 0 Å². The minimum atomic E-state index is 0.762. The van der Waals surface area contributed by atoms with Gasteiger partial charge in [-0.1, -0.05) is 6.07 Å². The second-order valence-corrected chi connectivity index (χ2v) is 7.43. The lowest BCUT2D eigenvalue weighted by molar-refractivity contribution is 0.0246. The van der Waals surface area contributed by atoms with Crippen molar-refractivity contribution in [2.45, 2.75) is 12.5 Å². The van der Waals surface area contributed by atoms with E-state index >= 15 is 0 Å². The van der Waals surface area contributed by atoms with Crippen molar-refractivity contribution in [2.75, 3.05) is 83.6 Å². The molecule has 4 heterocycles. The molecule has 0 unspecified atom stereocenters. The fourth-order valence-electron chi connectivity index (χ4n) is 4.12. The van der Waals surface area contributed by atoms with Gasteiger partial charge in [-0.25, -0.2) is 4.98 Å². The maximum Gasteiger partial charge on any atom is 0.128 e. The molecule has 0 radical (unpaired) electrons. The minimum Gasteiger partial charge on any atom is -0.380 e. The molecule has 0 saturated carbocycles. The first-order valence-corrected chi connectivity index (χ1v) is 9.81. The summed E-state index contributed by atoms with van der Waals surface area (Å²) in [6.45, 7) is 13.6. The van der Waals surface area contributed by atoms with E-state index in [1.54, 1.807) is 0 Å². The average molecular weight is 345 g/mol. The summed E-state index contributed by atoms with van der Waals surface area (Å²) in [4.78, 5) is 14.7. The summed E-state index contributed by atoms with van der Waals surface area (Å²) in [5, 5.41) is 0. The Morgan fingerprint density at radius 3 is 2.56 bits per heavy atom. The lowest BCUT2D eigenvalue weighted by Crippen LogP contribution is -2.63. The third-order valence-corrected chi connectivity index (χ3v) is 5.79. The molecule has 3 saturated heterocycles. The van der Waals surface area contributed by atoms with Gasteiger partial charge in [0.05, 0.1) is 6.61 Å². The van der Waals surface area contributed by atoms with Crippen LogP contribution < -0.4 is 4.90 Å². The number of hydrogen-bond donors (Lipinski definition) is 0. The van der Waals surface area contributed by atoms with Gasteiger partial charge in [0.25, 0.3) is 0 Å². The summed E-state index contributed by atoms with van der Waals surface area (Å²) in [5.74, 6) is 1.12. The number of piperazine rings is 1. The van der Waals surface area contributed by atoms with Crippen molar-refractivity contribution in [1.29, 1.82) is 0 Å². The van der Waals surface area contributed by atoms with E-state index in [2.05, 4.69) is 36.7 Å². The summed E-state index contributed by atoms with van der Waals surface area (Å²) in [6.07, 6.45) is 3.07. The zero-order valence-corrected chi connectivity index (χ0v) is 15.2. The van der Waals surface area contributed by atoms with Gasteiger partial charge in [-0.05, 0) is 18.6 Å². The normalized spacial score (nSPS) is 24.9. The third-order valence-electron chi connectivity index (χ3n) is 5.79. The van der Waals surface area contributed by atoms with Crippen molar-refractivity contribution in [3.05, 3.63) is 24.4 Å². The topological polar surface area (TPSA) is 35.1 Å². The molecule has 1 aromatic heterocycles. The lowest BCUT2D eigenvalue weighted by atomic mass is 10.1. The summed E-state index contributed by atoms with van der Waals surface area (Å²) in [6, 6.07) is 6.95. The van der Waals surface area contributed by atoms with Gasteiger partial charge in [-0.3, -0.25) is 14.7 Å². The molecule has 0 amide bonds. The quantitative estimate of drug-likeness (QED) is 0.778. The van der Waals surface area contributed by atoms with Crippen LogP contribution in [0.15, 0.2) is 24.4 Å². The van der Waals surface area contributed by atoms with Crippen LogP contribution in [0, 0.1) is 0 Å². The van der Waals surface area contributed by atoms with Gasteiger partial charge in [0.15, 0.2) is 0 Å². The SMILES string of the molecule is c1ccc(N2CCN(C3CN(CCN4CCCOCC4)C3)CC2)nc1. The molecule has 25 heavy (non-hydrogen) atoms.